The lowest BCUT2D eigenvalue weighted by Crippen LogP contribution is -2.42. The zero-order valence-electron chi connectivity index (χ0n) is 19.8. The van der Waals surface area contributed by atoms with E-state index in [0.29, 0.717) is 0 Å². The summed E-state index contributed by atoms with van der Waals surface area (Å²) in [4.78, 5) is 36.9. The van der Waals surface area contributed by atoms with Gasteiger partial charge >= 0.3 is 12.1 Å². The van der Waals surface area contributed by atoms with E-state index in [1.807, 2.05) is 50.2 Å². The summed E-state index contributed by atoms with van der Waals surface area (Å²) in [6, 6.07) is 15.0. The highest BCUT2D eigenvalue weighted by molar-refractivity contribution is 6.02. The van der Waals surface area contributed by atoms with Gasteiger partial charge in [0.05, 0.1) is 5.69 Å². The van der Waals surface area contributed by atoms with E-state index in [2.05, 4.69) is 27.9 Å². The van der Waals surface area contributed by atoms with Gasteiger partial charge in [-0.25, -0.2) is 9.59 Å². The van der Waals surface area contributed by atoms with E-state index in [4.69, 9.17) is 4.74 Å². The van der Waals surface area contributed by atoms with Crippen LogP contribution in [0.5, 0.6) is 0 Å². The summed E-state index contributed by atoms with van der Waals surface area (Å²) in [5.41, 5.74) is 4.47. The minimum absolute atomic E-state index is 0.0681. The van der Waals surface area contributed by atoms with Crippen LogP contribution >= 0.6 is 0 Å². The monoisotopic (exact) mass is 476 g/mol. The molecule has 0 radical (unpaired) electrons. The van der Waals surface area contributed by atoms with Gasteiger partial charge in [0.15, 0.2) is 5.69 Å². The molecule has 9 heteroatoms. The fourth-order valence-corrected chi connectivity index (χ4v) is 4.41. The summed E-state index contributed by atoms with van der Waals surface area (Å²) in [6.07, 6.45) is 1.00. The Bertz CT molecular complexity index is 1220. The summed E-state index contributed by atoms with van der Waals surface area (Å²) >= 11 is 0. The van der Waals surface area contributed by atoms with Gasteiger partial charge in [0.25, 0.3) is 5.91 Å². The first-order valence-corrected chi connectivity index (χ1v) is 11.4. The molecule has 0 spiro atoms. The molecular weight excluding hydrogens is 448 g/mol. The molecule has 35 heavy (non-hydrogen) atoms. The van der Waals surface area contributed by atoms with Crippen molar-refractivity contribution >= 4 is 23.7 Å². The van der Waals surface area contributed by atoms with E-state index in [1.54, 1.807) is 7.05 Å². The van der Waals surface area contributed by atoms with E-state index >= 15 is 0 Å². The zero-order chi connectivity index (χ0) is 25.1. The van der Waals surface area contributed by atoms with E-state index in [1.165, 1.54) is 10.9 Å². The molecule has 0 unspecified atom stereocenters. The van der Waals surface area contributed by atoms with Crippen molar-refractivity contribution in [3.8, 4) is 11.1 Å². The third-order valence-electron chi connectivity index (χ3n) is 5.93. The molecule has 4 rings (SSSR count). The van der Waals surface area contributed by atoms with E-state index < -0.39 is 24.0 Å². The van der Waals surface area contributed by atoms with Gasteiger partial charge in [0.2, 0.25) is 0 Å². The molecular formula is C26H28N4O5. The molecule has 182 valence electrons. The van der Waals surface area contributed by atoms with Crippen LogP contribution in [0.15, 0.2) is 54.7 Å². The Kier molecular flexibility index (Phi) is 6.86. The number of anilines is 1. The lowest BCUT2D eigenvalue weighted by atomic mass is 9.98. The van der Waals surface area contributed by atoms with Gasteiger partial charge in [-0.1, -0.05) is 62.4 Å². The molecule has 0 saturated carbocycles. The second kappa shape index (κ2) is 10.0. The minimum atomic E-state index is -1.13. The number of aryl methyl sites for hydroxylation is 1. The van der Waals surface area contributed by atoms with Crippen molar-refractivity contribution in [2.75, 3.05) is 11.9 Å². The predicted molar refractivity (Wildman–Crippen MR) is 130 cm³/mol. The van der Waals surface area contributed by atoms with Crippen molar-refractivity contribution in [2.45, 2.75) is 32.2 Å². The second-order valence-electron chi connectivity index (χ2n) is 9.01. The average molecular weight is 477 g/mol. The van der Waals surface area contributed by atoms with E-state index in [0.717, 1.165) is 22.3 Å². The third kappa shape index (κ3) is 5.18. The van der Waals surface area contributed by atoms with Crippen LogP contribution < -0.4 is 10.6 Å². The van der Waals surface area contributed by atoms with Gasteiger partial charge in [-0.05, 0) is 34.6 Å². The molecule has 2 amide bonds. The summed E-state index contributed by atoms with van der Waals surface area (Å²) in [5, 5.41) is 18.6. The second-order valence-corrected chi connectivity index (χ2v) is 9.01. The number of hydrogen-bond donors (Lipinski definition) is 3. The molecule has 9 nitrogen and oxygen atoms in total. The first-order chi connectivity index (χ1) is 16.7. The molecule has 1 atom stereocenters. The van der Waals surface area contributed by atoms with Crippen molar-refractivity contribution in [2.24, 2.45) is 13.0 Å². The molecule has 0 fully saturated rings. The molecule has 1 aromatic heterocycles. The molecule has 1 heterocycles. The third-order valence-corrected chi connectivity index (χ3v) is 5.93. The topological polar surface area (TPSA) is 123 Å². The number of hydrogen-bond acceptors (Lipinski definition) is 5. The summed E-state index contributed by atoms with van der Waals surface area (Å²) in [7, 11) is 1.60. The number of amides is 2. The number of benzene rings is 2. The Balaban J connectivity index is 1.44. The Morgan fingerprint density at radius 1 is 1.06 bits per heavy atom. The van der Waals surface area contributed by atoms with Gasteiger partial charge in [-0.15, -0.1) is 0 Å². The summed E-state index contributed by atoms with van der Waals surface area (Å²) in [5.74, 6) is -1.85. The number of carboxylic acid groups (broad SMARTS) is 1. The summed E-state index contributed by atoms with van der Waals surface area (Å²) in [6.45, 7) is 3.86. The fourth-order valence-electron chi connectivity index (χ4n) is 4.41. The Morgan fingerprint density at radius 2 is 1.66 bits per heavy atom. The highest BCUT2D eigenvalue weighted by atomic mass is 16.5. The Morgan fingerprint density at radius 3 is 2.23 bits per heavy atom. The quantitative estimate of drug-likeness (QED) is 0.452. The van der Waals surface area contributed by atoms with Crippen LogP contribution in [-0.4, -0.2) is 45.5 Å². The molecule has 3 aromatic rings. The lowest BCUT2D eigenvalue weighted by molar-refractivity contribution is -0.139. The predicted octanol–water partition coefficient (Wildman–Crippen LogP) is 4.01. The molecule has 2 aromatic carbocycles. The maximum atomic E-state index is 12.8. The van der Waals surface area contributed by atoms with Gasteiger partial charge in [0.1, 0.15) is 12.6 Å². The van der Waals surface area contributed by atoms with E-state index in [-0.39, 0.29) is 36.2 Å². The number of ether oxygens (including phenoxy) is 1. The summed E-state index contributed by atoms with van der Waals surface area (Å²) < 4.78 is 6.91. The number of nitrogens with one attached hydrogen (secondary N) is 2. The van der Waals surface area contributed by atoms with Crippen molar-refractivity contribution in [3.05, 3.63) is 71.5 Å². The molecule has 0 saturated heterocycles. The number of carbonyl (C=O) groups is 3. The fraction of sp³-hybridized carbons (Fsp3) is 0.308. The van der Waals surface area contributed by atoms with Gasteiger partial charge in [-0.3, -0.25) is 14.8 Å². The number of carboxylic acids is 1. The van der Waals surface area contributed by atoms with Crippen LogP contribution in [0.25, 0.3) is 11.1 Å². The standard InChI is InChI=1S/C26H28N4O5/c1-15(2)12-21(25(32)33)27-24(31)23-22(13-30(3)29-23)28-26(34)35-14-20-18-10-6-4-8-16(18)17-9-5-7-11-19(17)20/h4-11,13,15,20-21H,12,14H2,1-3H3,(H,27,31)(H,28,34)(H,32,33)/t21-/m0/s1. The van der Waals surface area contributed by atoms with Crippen molar-refractivity contribution < 1.29 is 24.2 Å². The van der Waals surface area contributed by atoms with Crippen LogP contribution in [0.3, 0.4) is 0 Å². The SMILES string of the molecule is CC(C)C[C@H](NC(=O)c1nn(C)cc1NC(=O)OCC1c2ccccc2-c2ccccc21)C(=O)O. The van der Waals surface area contributed by atoms with Crippen LogP contribution in [-0.2, 0) is 16.6 Å². The number of aliphatic carboxylic acids is 1. The average Bonchev–Trinajstić information content (AvgIpc) is 3.34. The first kappa shape index (κ1) is 24.0. The van der Waals surface area contributed by atoms with Crippen LogP contribution in [0, 0.1) is 5.92 Å². The van der Waals surface area contributed by atoms with Crippen molar-refractivity contribution in [3.63, 3.8) is 0 Å². The van der Waals surface area contributed by atoms with Crippen LogP contribution in [0.2, 0.25) is 0 Å². The number of carbonyl (C=O) groups excluding carboxylic acids is 2. The van der Waals surface area contributed by atoms with Crippen LogP contribution in [0.4, 0.5) is 10.5 Å². The largest absolute Gasteiger partial charge is 0.480 e. The maximum Gasteiger partial charge on any atom is 0.411 e. The number of aromatic nitrogens is 2. The Hall–Kier alpha value is -4.14. The van der Waals surface area contributed by atoms with Gasteiger partial charge in [-0.2, -0.15) is 5.10 Å². The lowest BCUT2D eigenvalue weighted by Gasteiger charge is -2.16. The normalized spacial score (nSPS) is 13.1. The number of rotatable bonds is 8. The highest BCUT2D eigenvalue weighted by Crippen LogP contribution is 2.44. The van der Waals surface area contributed by atoms with Gasteiger partial charge in [0, 0.05) is 19.2 Å². The molecule has 1 aliphatic rings. The first-order valence-electron chi connectivity index (χ1n) is 11.4. The number of fused-ring (bicyclic) bond motifs is 3. The van der Waals surface area contributed by atoms with Crippen molar-refractivity contribution in [1.82, 2.24) is 15.1 Å². The molecule has 0 aliphatic heterocycles. The van der Waals surface area contributed by atoms with E-state index in [9.17, 15) is 19.5 Å². The zero-order valence-corrected chi connectivity index (χ0v) is 19.8. The van der Waals surface area contributed by atoms with Crippen LogP contribution in [0.1, 0.15) is 47.8 Å². The molecule has 1 aliphatic carbocycles. The highest BCUT2D eigenvalue weighted by Gasteiger charge is 2.30. The van der Waals surface area contributed by atoms with Crippen molar-refractivity contribution in [1.29, 1.82) is 0 Å². The van der Waals surface area contributed by atoms with Gasteiger partial charge < -0.3 is 15.2 Å². The Labute approximate surface area is 203 Å². The number of nitrogens with zero attached hydrogens (tertiary/aromatic N) is 2. The molecule has 3 N–H and O–H groups in total. The minimum Gasteiger partial charge on any atom is -0.480 e. The molecule has 0 bridgehead atoms. The smallest absolute Gasteiger partial charge is 0.411 e. The maximum absolute atomic E-state index is 12.8.